The van der Waals surface area contributed by atoms with Crippen LogP contribution in [-0.2, 0) is 9.53 Å². The minimum Gasteiger partial charge on any atom is -0.465 e. The fraction of sp³-hybridized carbons (Fsp3) is 0.636. The molecule has 4 nitrogen and oxygen atoms in total. The molecule has 2 aliphatic rings. The Bertz CT molecular complexity index is 758. The molecule has 2 saturated carbocycles. The molecule has 2 fully saturated rings. The summed E-state index contributed by atoms with van der Waals surface area (Å²) < 4.78 is 4.98. The standard InChI is InChI=1S/C22H29NO3S/c1-14(2)23(20(24)17-10-5-15(3)6-11-17)21-19(22(25)26-4)13-18(27-21)12-9-16-7-8-16/h13-17H,5-8,10-11H2,1-4H3. The lowest BCUT2D eigenvalue weighted by Gasteiger charge is -2.33. The van der Waals surface area contributed by atoms with E-state index in [0.29, 0.717) is 22.4 Å². The highest BCUT2D eigenvalue weighted by atomic mass is 32.1. The summed E-state index contributed by atoms with van der Waals surface area (Å²) in [5.74, 6) is 7.37. The lowest BCUT2D eigenvalue weighted by molar-refractivity contribution is -0.123. The maximum atomic E-state index is 13.3. The average molecular weight is 388 g/mol. The maximum Gasteiger partial charge on any atom is 0.340 e. The van der Waals surface area contributed by atoms with Crippen LogP contribution in [0.2, 0.25) is 0 Å². The first-order valence-corrected chi connectivity index (χ1v) is 10.8. The van der Waals surface area contributed by atoms with Gasteiger partial charge in [0.15, 0.2) is 0 Å². The molecule has 0 aromatic carbocycles. The van der Waals surface area contributed by atoms with Gasteiger partial charge < -0.3 is 9.64 Å². The number of hydrogen-bond acceptors (Lipinski definition) is 4. The minimum absolute atomic E-state index is 0.0249. The van der Waals surface area contributed by atoms with E-state index in [2.05, 4.69) is 18.8 Å². The van der Waals surface area contributed by atoms with E-state index < -0.39 is 5.97 Å². The highest BCUT2D eigenvalue weighted by molar-refractivity contribution is 7.17. The molecule has 0 atom stereocenters. The molecule has 0 spiro atoms. The van der Waals surface area contributed by atoms with Crippen molar-refractivity contribution in [2.75, 3.05) is 12.0 Å². The van der Waals surface area contributed by atoms with Gasteiger partial charge in [-0.25, -0.2) is 4.79 Å². The Balaban J connectivity index is 1.92. The molecular weight excluding hydrogens is 358 g/mol. The SMILES string of the molecule is COC(=O)c1cc(C#CC2CC2)sc1N(C(=O)C1CCC(C)CC1)C(C)C. The molecule has 1 aromatic heterocycles. The summed E-state index contributed by atoms with van der Waals surface area (Å²) in [4.78, 5) is 28.3. The van der Waals surface area contributed by atoms with Crippen molar-refractivity contribution in [2.24, 2.45) is 17.8 Å². The molecule has 5 heteroatoms. The van der Waals surface area contributed by atoms with E-state index in [9.17, 15) is 9.59 Å². The predicted octanol–water partition coefficient (Wildman–Crippen LogP) is 4.86. The Morgan fingerprint density at radius 2 is 1.85 bits per heavy atom. The van der Waals surface area contributed by atoms with E-state index in [-0.39, 0.29) is 17.9 Å². The number of ether oxygens (including phenoxy) is 1. The van der Waals surface area contributed by atoms with Gasteiger partial charge in [-0.3, -0.25) is 4.79 Å². The number of carbonyl (C=O) groups excluding carboxylic acids is 2. The Hall–Kier alpha value is -1.80. The third-order valence-corrected chi connectivity index (χ3v) is 6.48. The number of nitrogens with zero attached hydrogens (tertiary/aromatic N) is 1. The van der Waals surface area contributed by atoms with Gasteiger partial charge in [0.25, 0.3) is 0 Å². The van der Waals surface area contributed by atoms with Gasteiger partial charge in [-0.05, 0) is 64.4 Å². The first kappa shape index (κ1) is 19.9. The van der Waals surface area contributed by atoms with Crippen molar-refractivity contribution in [3.05, 3.63) is 16.5 Å². The van der Waals surface area contributed by atoms with Crippen molar-refractivity contribution in [1.29, 1.82) is 0 Å². The van der Waals surface area contributed by atoms with Crippen LogP contribution in [-0.4, -0.2) is 25.0 Å². The predicted molar refractivity (Wildman–Crippen MR) is 109 cm³/mol. The minimum atomic E-state index is -0.406. The Kier molecular flexibility index (Phi) is 6.26. The van der Waals surface area contributed by atoms with Crippen molar-refractivity contribution >= 4 is 28.2 Å². The molecule has 2 aliphatic carbocycles. The zero-order valence-electron chi connectivity index (χ0n) is 16.7. The molecule has 1 amide bonds. The number of esters is 1. The van der Waals surface area contributed by atoms with E-state index in [4.69, 9.17) is 4.74 Å². The summed E-state index contributed by atoms with van der Waals surface area (Å²) >= 11 is 1.43. The first-order chi connectivity index (χ1) is 12.9. The summed E-state index contributed by atoms with van der Waals surface area (Å²) in [5.41, 5.74) is 0.453. The summed E-state index contributed by atoms with van der Waals surface area (Å²) in [6.45, 7) is 6.25. The van der Waals surface area contributed by atoms with Gasteiger partial charge in [0.2, 0.25) is 5.91 Å². The van der Waals surface area contributed by atoms with Crippen molar-refractivity contribution in [3.63, 3.8) is 0 Å². The monoisotopic (exact) mass is 387 g/mol. The topological polar surface area (TPSA) is 46.6 Å². The van der Waals surface area contributed by atoms with Crippen LogP contribution in [0.15, 0.2) is 6.07 Å². The second-order valence-electron chi connectivity index (χ2n) is 8.12. The summed E-state index contributed by atoms with van der Waals surface area (Å²) in [5, 5.41) is 0.681. The Morgan fingerprint density at radius 1 is 1.19 bits per heavy atom. The maximum absolute atomic E-state index is 13.3. The average Bonchev–Trinajstić information content (AvgIpc) is 3.39. The number of carbonyl (C=O) groups is 2. The molecule has 146 valence electrons. The van der Waals surface area contributed by atoms with Crippen LogP contribution < -0.4 is 4.90 Å². The molecular formula is C22H29NO3S. The number of anilines is 1. The molecule has 0 unspecified atom stereocenters. The molecule has 0 saturated heterocycles. The molecule has 0 bridgehead atoms. The summed E-state index contributed by atoms with van der Waals surface area (Å²) in [7, 11) is 1.38. The van der Waals surface area contributed by atoms with Gasteiger partial charge in [0, 0.05) is 17.9 Å². The van der Waals surface area contributed by atoms with E-state index >= 15 is 0 Å². The Morgan fingerprint density at radius 3 is 2.41 bits per heavy atom. The Labute approximate surface area is 166 Å². The van der Waals surface area contributed by atoms with Crippen LogP contribution in [0, 0.1) is 29.6 Å². The second kappa shape index (κ2) is 8.48. The molecule has 27 heavy (non-hydrogen) atoms. The number of thiophene rings is 1. The summed E-state index contributed by atoms with van der Waals surface area (Å²) in [6, 6.07) is 1.76. The third-order valence-electron chi connectivity index (χ3n) is 5.43. The molecule has 0 aliphatic heterocycles. The van der Waals surface area contributed by atoms with Gasteiger partial charge in [-0.15, -0.1) is 11.3 Å². The van der Waals surface area contributed by atoms with E-state index in [0.717, 1.165) is 43.4 Å². The fourth-order valence-corrected chi connectivity index (χ4v) is 4.72. The second-order valence-corrected chi connectivity index (χ2v) is 9.15. The molecule has 1 aromatic rings. The van der Waals surface area contributed by atoms with E-state index in [1.165, 1.54) is 18.4 Å². The quantitative estimate of drug-likeness (QED) is 0.547. The molecule has 0 radical (unpaired) electrons. The van der Waals surface area contributed by atoms with Crippen LogP contribution >= 0.6 is 11.3 Å². The number of rotatable bonds is 4. The van der Waals surface area contributed by atoms with Gasteiger partial charge in [-0.2, -0.15) is 0 Å². The third kappa shape index (κ3) is 4.73. The largest absolute Gasteiger partial charge is 0.465 e. The zero-order valence-corrected chi connectivity index (χ0v) is 17.5. The number of hydrogen-bond donors (Lipinski definition) is 0. The van der Waals surface area contributed by atoms with Crippen molar-refractivity contribution in [3.8, 4) is 11.8 Å². The van der Waals surface area contributed by atoms with Gasteiger partial charge in [0.05, 0.1) is 17.6 Å². The van der Waals surface area contributed by atoms with Crippen molar-refractivity contribution in [2.45, 2.75) is 65.3 Å². The number of amides is 1. The molecule has 0 N–H and O–H groups in total. The van der Waals surface area contributed by atoms with Crippen LogP contribution in [0.1, 0.15) is 74.5 Å². The van der Waals surface area contributed by atoms with E-state index in [1.807, 2.05) is 13.8 Å². The lowest BCUT2D eigenvalue weighted by atomic mass is 9.82. The van der Waals surface area contributed by atoms with Crippen LogP contribution in [0.25, 0.3) is 0 Å². The van der Waals surface area contributed by atoms with Gasteiger partial charge in [-0.1, -0.05) is 18.8 Å². The highest BCUT2D eigenvalue weighted by Gasteiger charge is 2.33. The smallest absolute Gasteiger partial charge is 0.340 e. The fourth-order valence-electron chi connectivity index (χ4n) is 3.57. The normalized spacial score (nSPS) is 22.1. The van der Waals surface area contributed by atoms with Crippen molar-refractivity contribution in [1.82, 2.24) is 0 Å². The van der Waals surface area contributed by atoms with Crippen LogP contribution in [0.5, 0.6) is 0 Å². The zero-order chi connectivity index (χ0) is 19.6. The highest BCUT2D eigenvalue weighted by Crippen LogP contribution is 2.37. The molecule has 3 rings (SSSR count). The van der Waals surface area contributed by atoms with Crippen LogP contribution in [0.4, 0.5) is 5.00 Å². The first-order valence-electron chi connectivity index (χ1n) is 9.97. The summed E-state index contributed by atoms with van der Waals surface area (Å²) in [6.07, 6.45) is 6.36. The van der Waals surface area contributed by atoms with Crippen molar-refractivity contribution < 1.29 is 14.3 Å². The van der Waals surface area contributed by atoms with Gasteiger partial charge in [0.1, 0.15) is 5.00 Å². The number of methoxy groups -OCH3 is 1. The molecule has 1 heterocycles. The van der Waals surface area contributed by atoms with Gasteiger partial charge >= 0.3 is 5.97 Å². The van der Waals surface area contributed by atoms with E-state index in [1.54, 1.807) is 11.0 Å². The van der Waals surface area contributed by atoms with Crippen LogP contribution in [0.3, 0.4) is 0 Å². The lowest BCUT2D eigenvalue weighted by Crippen LogP contribution is -2.42.